The molecule has 0 aromatic heterocycles. The molecule has 25 heavy (non-hydrogen) atoms. The fourth-order valence-corrected chi connectivity index (χ4v) is 3.61. The number of benzene rings is 1. The molecule has 4 amide bonds. The van der Waals surface area contributed by atoms with Gasteiger partial charge in [-0.1, -0.05) is 0 Å². The first-order valence-electron chi connectivity index (χ1n) is 8.33. The van der Waals surface area contributed by atoms with Gasteiger partial charge in [-0.3, -0.25) is 29.4 Å². The van der Waals surface area contributed by atoms with Gasteiger partial charge in [-0.15, -0.1) is 0 Å². The molecule has 0 saturated heterocycles. The van der Waals surface area contributed by atoms with Gasteiger partial charge in [0.15, 0.2) is 0 Å². The summed E-state index contributed by atoms with van der Waals surface area (Å²) in [5.41, 5.74) is 2.82. The number of amides is 4. The molecule has 1 aliphatic carbocycles. The van der Waals surface area contributed by atoms with Crippen molar-refractivity contribution < 1.29 is 24.3 Å². The van der Waals surface area contributed by atoms with Crippen molar-refractivity contribution in [2.45, 2.75) is 38.6 Å². The van der Waals surface area contributed by atoms with E-state index in [1.165, 1.54) is 4.90 Å². The van der Waals surface area contributed by atoms with Crippen molar-refractivity contribution in [3.05, 3.63) is 34.4 Å². The number of rotatable bonds is 6. The van der Waals surface area contributed by atoms with Gasteiger partial charge in [-0.25, -0.2) is 0 Å². The second-order valence-corrected chi connectivity index (χ2v) is 6.68. The number of imide groups is 2. The highest BCUT2D eigenvalue weighted by Crippen LogP contribution is 2.34. The maximum Gasteiger partial charge on any atom is 0.261 e. The molecule has 3 rings (SSSR count). The van der Waals surface area contributed by atoms with Crippen LogP contribution in [0.4, 0.5) is 0 Å². The molecule has 1 aromatic carbocycles. The van der Waals surface area contributed by atoms with Crippen molar-refractivity contribution in [2.24, 2.45) is 5.92 Å². The maximum absolute atomic E-state index is 12.7. The molecule has 132 valence electrons. The number of carbonyl (C=O) groups excluding carboxylic acids is 4. The lowest BCUT2D eigenvalue weighted by Crippen LogP contribution is -2.38. The predicted octanol–water partition coefficient (Wildman–Crippen LogP) is 0.431. The van der Waals surface area contributed by atoms with Gasteiger partial charge >= 0.3 is 0 Å². The van der Waals surface area contributed by atoms with Crippen molar-refractivity contribution in [1.29, 1.82) is 0 Å². The molecule has 1 atom stereocenters. The lowest BCUT2D eigenvalue weighted by Gasteiger charge is -2.22. The monoisotopic (exact) mass is 344 g/mol. The van der Waals surface area contributed by atoms with E-state index >= 15 is 0 Å². The van der Waals surface area contributed by atoms with Crippen LogP contribution in [-0.2, 0) is 22.4 Å². The van der Waals surface area contributed by atoms with Crippen molar-refractivity contribution in [3.63, 3.8) is 0 Å². The minimum atomic E-state index is -0.440. The Morgan fingerprint density at radius 1 is 1.28 bits per heavy atom. The number of aliphatic hydroxyl groups excluding tert-OH is 1. The van der Waals surface area contributed by atoms with Gasteiger partial charge in [0, 0.05) is 19.1 Å². The van der Waals surface area contributed by atoms with E-state index in [1.807, 2.05) is 5.32 Å². The number of fused-ring (bicyclic) bond motifs is 2. The minimum Gasteiger partial charge on any atom is -0.396 e. The number of hydrogen-bond donors (Lipinski definition) is 2. The highest BCUT2D eigenvalue weighted by molar-refractivity contribution is 6.21. The molecule has 2 aliphatic rings. The molecule has 0 radical (unpaired) electrons. The SMILES string of the molecule is CC(CCC(=O)NC=O)N1C(=O)c2cc3c(cc2C1=O)CC(CO)C3. The highest BCUT2D eigenvalue weighted by Gasteiger charge is 2.40. The molecular formula is C18H20N2O5. The molecule has 7 heteroatoms. The van der Waals surface area contributed by atoms with Gasteiger partial charge in [0.25, 0.3) is 11.8 Å². The summed E-state index contributed by atoms with van der Waals surface area (Å²) < 4.78 is 0. The largest absolute Gasteiger partial charge is 0.396 e. The van der Waals surface area contributed by atoms with Crippen LogP contribution in [0.2, 0.25) is 0 Å². The van der Waals surface area contributed by atoms with Crippen molar-refractivity contribution in [3.8, 4) is 0 Å². The summed E-state index contributed by atoms with van der Waals surface area (Å²) in [6, 6.07) is 3.10. The summed E-state index contributed by atoms with van der Waals surface area (Å²) in [7, 11) is 0. The fourth-order valence-electron chi connectivity index (χ4n) is 3.61. The van der Waals surface area contributed by atoms with E-state index in [1.54, 1.807) is 19.1 Å². The Labute approximate surface area is 145 Å². The van der Waals surface area contributed by atoms with E-state index in [0.29, 0.717) is 30.4 Å². The number of aliphatic hydroxyl groups is 1. The molecule has 1 heterocycles. The average Bonchev–Trinajstić information content (AvgIpc) is 3.10. The topological polar surface area (TPSA) is 104 Å². The third kappa shape index (κ3) is 3.07. The zero-order valence-corrected chi connectivity index (χ0v) is 13.9. The molecule has 1 aromatic rings. The number of nitrogens with zero attached hydrogens (tertiary/aromatic N) is 1. The smallest absolute Gasteiger partial charge is 0.261 e. The number of hydrogen-bond acceptors (Lipinski definition) is 5. The summed E-state index contributed by atoms with van der Waals surface area (Å²) in [6.07, 6.45) is 2.08. The summed E-state index contributed by atoms with van der Waals surface area (Å²) in [5, 5.41) is 11.4. The molecule has 0 bridgehead atoms. The van der Waals surface area contributed by atoms with Crippen LogP contribution in [0.5, 0.6) is 0 Å². The first-order valence-corrected chi connectivity index (χ1v) is 8.33. The van der Waals surface area contributed by atoms with E-state index in [2.05, 4.69) is 0 Å². The van der Waals surface area contributed by atoms with Gasteiger partial charge in [0.1, 0.15) is 0 Å². The second kappa shape index (κ2) is 6.76. The van der Waals surface area contributed by atoms with E-state index in [4.69, 9.17) is 0 Å². The van der Waals surface area contributed by atoms with Crippen molar-refractivity contribution >= 4 is 24.1 Å². The average molecular weight is 344 g/mol. The summed E-state index contributed by atoms with van der Waals surface area (Å²) in [6.45, 7) is 1.80. The summed E-state index contributed by atoms with van der Waals surface area (Å²) in [5.74, 6) is -0.987. The fraction of sp³-hybridized carbons (Fsp3) is 0.444. The molecule has 1 unspecified atom stereocenters. The molecule has 0 saturated carbocycles. The standard InChI is InChI=1S/C18H20N2O5/c1-10(2-3-16(23)19-9-22)20-17(24)14-6-12-4-11(8-21)5-13(12)7-15(14)18(20)25/h6-7,9-11,21H,2-5,8H2,1H3,(H,19,22,23). The molecular weight excluding hydrogens is 324 g/mol. The normalized spacial score (nSPS) is 17.4. The minimum absolute atomic E-state index is 0.0575. The molecule has 2 N–H and O–H groups in total. The van der Waals surface area contributed by atoms with Crippen LogP contribution in [0.3, 0.4) is 0 Å². The quantitative estimate of drug-likeness (QED) is 0.575. The Bertz CT molecular complexity index is 713. The van der Waals surface area contributed by atoms with Gasteiger partial charge in [0.2, 0.25) is 12.3 Å². The molecule has 0 spiro atoms. The van der Waals surface area contributed by atoms with Crippen LogP contribution in [0, 0.1) is 5.92 Å². The van der Waals surface area contributed by atoms with E-state index in [9.17, 15) is 24.3 Å². The first-order chi connectivity index (χ1) is 12.0. The third-order valence-corrected chi connectivity index (χ3v) is 4.96. The Balaban J connectivity index is 1.77. The van der Waals surface area contributed by atoms with E-state index < -0.39 is 11.9 Å². The van der Waals surface area contributed by atoms with Crippen LogP contribution in [0.25, 0.3) is 0 Å². The first kappa shape index (κ1) is 17.3. The lowest BCUT2D eigenvalue weighted by molar-refractivity contribution is -0.125. The van der Waals surface area contributed by atoms with Crippen LogP contribution >= 0.6 is 0 Å². The summed E-state index contributed by atoms with van der Waals surface area (Å²) >= 11 is 0. The van der Waals surface area contributed by atoms with Crippen LogP contribution < -0.4 is 5.32 Å². The zero-order chi connectivity index (χ0) is 18.1. The lowest BCUT2D eigenvalue weighted by atomic mass is 10.0. The Morgan fingerprint density at radius 2 is 1.84 bits per heavy atom. The zero-order valence-electron chi connectivity index (χ0n) is 13.9. The third-order valence-electron chi connectivity index (χ3n) is 4.96. The molecule has 0 fully saturated rings. The second-order valence-electron chi connectivity index (χ2n) is 6.68. The predicted molar refractivity (Wildman–Crippen MR) is 87.8 cm³/mol. The highest BCUT2D eigenvalue weighted by atomic mass is 16.3. The van der Waals surface area contributed by atoms with Crippen molar-refractivity contribution in [2.75, 3.05) is 6.61 Å². The summed E-state index contributed by atoms with van der Waals surface area (Å²) in [4.78, 5) is 48.2. The van der Waals surface area contributed by atoms with E-state index in [-0.39, 0.29) is 37.2 Å². The van der Waals surface area contributed by atoms with Crippen LogP contribution in [-0.4, -0.2) is 46.8 Å². The van der Waals surface area contributed by atoms with Gasteiger partial charge in [-0.05, 0) is 55.4 Å². The number of nitrogens with one attached hydrogen (secondary N) is 1. The number of carbonyl (C=O) groups is 4. The Hall–Kier alpha value is -2.54. The van der Waals surface area contributed by atoms with Crippen LogP contribution in [0.1, 0.15) is 51.6 Å². The van der Waals surface area contributed by atoms with Crippen LogP contribution in [0.15, 0.2) is 12.1 Å². The maximum atomic E-state index is 12.7. The van der Waals surface area contributed by atoms with Gasteiger partial charge < -0.3 is 5.11 Å². The van der Waals surface area contributed by atoms with E-state index in [0.717, 1.165) is 11.1 Å². The van der Waals surface area contributed by atoms with Gasteiger partial charge in [0.05, 0.1) is 11.1 Å². The molecule has 7 nitrogen and oxygen atoms in total. The van der Waals surface area contributed by atoms with Gasteiger partial charge in [-0.2, -0.15) is 0 Å². The Morgan fingerprint density at radius 3 is 2.32 bits per heavy atom. The van der Waals surface area contributed by atoms with Crippen molar-refractivity contribution in [1.82, 2.24) is 10.2 Å². The Kier molecular flexibility index (Phi) is 4.67. The molecule has 1 aliphatic heterocycles.